The number of anilines is 1. The van der Waals surface area contributed by atoms with E-state index in [1.807, 2.05) is 13.8 Å². The number of hydrogen-bond donors (Lipinski definition) is 1. The Bertz CT molecular complexity index is 874. The molecule has 1 atom stereocenters. The number of ether oxygens (including phenoxy) is 1. The molecule has 0 amide bonds. The van der Waals surface area contributed by atoms with Crippen molar-refractivity contribution in [2.24, 2.45) is 0 Å². The van der Waals surface area contributed by atoms with Crippen molar-refractivity contribution in [2.45, 2.75) is 45.4 Å². The number of ketones is 1. The maximum absolute atomic E-state index is 12.5. The summed E-state index contributed by atoms with van der Waals surface area (Å²) in [7, 11) is 0.612. The smallest absolute Gasteiger partial charge is 0.186 e. The molecule has 1 unspecified atom stereocenters. The number of aromatic nitrogens is 1. The fourth-order valence-electron chi connectivity index (χ4n) is 2.70. The van der Waals surface area contributed by atoms with Gasteiger partial charge in [-0.1, -0.05) is 32.5 Å². The highest BCUT2D eigenvalue weighted by Crippen LogP contribution is 2.17. The van der Waals surface area contributed by atoms with Gasteiger partial charge in [-0.2, -0.15) is 0 Å². The number of nitrogens with zero attached hydrogens (tertiary/aromatic N) is 2. The number of rotatable bonds is 13. The molecule has 0 saturated carbocycles. The zero-order valence-corrected chi connectivity index (χ0v) is 21.8. The third-order valence-corrected chi connectivity index (χ3v) is 6.19. The van der Waals surface area contributed by atoms with Crippen molar-refractivity contribution in [1.82, 2.24) is 9.88 Å². The van der Waals surface area contributed by atoms with Crippen LogP contribution in [0.4, 0.5) is 5.82 Å². The van der Waals surface area contributed by atoms with E-state index in [9.17, 15) is 13.8 Å². The van der Waals surface area contributed by atoms with E-state index in [0.717, 1.165) is 43.4 Å². The first kappa shape index (κ1) is 28.8. The van der Waals surface area contributed by atoms with Crippen molar-refractivity contribution in [3.05, 3.63) is 48.2 Å². The third-order valence-electron chi connectivity index (χ3n) is 4.29. The SMILES string of the molecule is CC.CCCN(C)CCCOc1ccc(S(=O)Nc2ccc(C(=O)CSC(C)=O)cn2)cc1. The van der Waals surface area contributed by atoms with Gasteiger partial charge in [0.2, 0.25) is 0 Å². The number of Topliss-reactive ketones (excluding diaryl/α,β-unsaturated/α-hetero) is 1. The van der Waals surface area contributed by atoms with Crippen molar-refractivity contribution >= 4 is 39.5 Å². The highest BCUT2D eigenvalue weighted by Gasteiger charge is 2.10. The van der Waals surface area contributed by atoms with Gasteiger partial charge >= 0.3 is 0 Å². The van der Waals surface area contributed by atoms with E-state index in [2.05, 4.69) is 28.6 Å². The average Bonchev–Trinajstić information content (AvgIpc) is 2.82. The lowest BCUT2D eigenvalue weighted by Crippen LogP contribution is -2.21. The monoisotopic (exact) mass is 493 g/mol. The second-order valence-corrected chi connectivity index (χ2v) is 9.35. The Morgan fingerprint density at radius 1 is 1.12 bits per heavy atom. The fourth-order valence-corrected chi connectivity index (χ4v) is 4.01. The van der Waals surface area contributed by atoms with Crippen LogP contribution >= 0.6 is 11.8 Å². The Hall–Kier alpha value is -2.23. The number of hydrogen-bond acceptors (Lipinski definition) is 7. The summed E-state index contributed by atoms with van der Waals surface area (Å²) in [5, 5.41) is -0.106. The van der Waals surface area contributed by atoms with Gasteiger partial charge in [-0.3, -0.25) is 14.3 Å². The minimum Gasteiger partial charge on any atom is -0.494 e. The largest absolute Gasteiger partial charge is 0.494 e. The molecule has 0 bridgehead atoms. The van der Waals surface area contributed by atoms with Crippen LogP contribution in [0.25, 0.3) is 0 Å². The van der Waals surface area contributed by atoms with E-state index in [1.54, 1.807) is 36.4 Å². The van der Waals surface area contributed by atoms with Crippen LogP contribution in [-0.4, -0.2) is 57.5 Å². The third kappa shape index (κ3) is 11.5. The first-order valence-corrected chi connectivity index (χ1v) is 13.2. The Labute approximate surface area is 204 Å². The molecule has 0 saturated heterocycles. The van der Waals surface area contributed by atoms with Crippen molar-refractivity contribution in [3.8, 4) is 5.75 Å². The number of carbonyl (C=O) groups excluding carboxylic acids is 2. The Morgan fingerprint density at radius 3 is 2.39 bits per heavy atom. The number of thioether (sulfide) groups is 1. The maximum atomic E-state index is 12.5. The van der Waals surface area contributed by atoms with Crippen LogP contribution in [0.5, 0.6) is 5.75 Å². The van der Waals surface area contributed by atoms with Gasteiger partial charge < -0.3 is 9.64 Å². The molecule has 33 heavy (non-hydrogen) atoms. The molecule has 2 rings (SSSR count). The predicted octanol–water partition coefficient (Wildman–Crippen LogP) is 4.82. The second-order valence-electron chi connectivity index (χ2n) is 6.98. The summed E-state index contributed by atoms with van der Waals surface area (Å²) < 4.78 is 21.1. The quantitative estimate of drug-likeness (QED) is 0.316. The van der Waals surface area contributed by atoms with Crippen LogP contribution in [-0.2, 0) is 15.8 Å². The molecule has 0 aliphatic heterocycles. The topological polar surface area (TPSA) is 88.6 Å². The highest BCUT2D eigenvalue weighted by molar-refractivity contribution is 8.14. The number of carbonyl (C=O) groups is 2. The van der Waals surface area contributed by atoms with Crippen molar-refractivity contribution < 1.29 is 18.5 Å². The van der Waals surface area contributed by atoms with Gasteiger partial charge in [-0.25, -0.2) is 9.19 Å². The summed E-state index contributed by atoms with van der Waals surface area (Å²) >= 11 is 0.964. The maximum Gasteiger partial charge on any atom is 0.186 e. The zero-order chi connectivity index (χ0) is 24.6. The van der Waals surface area contributed by atoms with E-state index in [1.165, 1.54) is 13.1 Å². The summed E-state index contributed by atoms with van der Waals surface area (Å²) in [4.78, 5) is 30.0. The molecule has 0 radical (unpaired) electrons. The van der Waals surface area contributed by atoms with Crippen molar-refractivity contribution in [2.75, 3.05) is 37.2 Å². The molecule has 1 aromatic heterocycles. The molecule has 0 aliphatic carbocycles. The first-order valence-electron chi connectivity index (χ1n) is 11.1. The lowest BCUT2D eigenvalue weighted by Gasteiger charge is -2.15. The lowest BCUT2D eigenvalue weighted by atomic mass is 10.2. The first-order chi connectivity index (χ1) is 15.9. The Kier molecular flexibility index (Phi) is 14.3. The number of benzene rings is 1. The number of pyridine rings is 1. The zero-order valence-electron chi connectivity index (χ0n) is 20.1. The van der Waals surface area contributed by atoms with Gasteiger partial charge in [0.1, 0.15) is 11.6 Å². The molecule has 182 valence electrons. The van der Waals surface area contributed by atoms with Gasteiger partial charge in [-0.15, -0.1) is 0 Å². The van der Waals surface area contributed by atoms with Crippen molar-refractivity contribution in [1.29, 1.82) is 0 Å². The number of nitrogens with one attached hydrogen (secondary N) is 1. The highest BCUT2D eigenvalue weighted by atomic mass is 32.2. The molecule has 0 fully saturated rings. The molecule has 0 spiro atoms. The molecule has 0 aliphatic rings. The summed E-state index contributed by atoms with van der Waals surface area (Å²) in [5.74, 6) is 1.04. The van der Waals surface area contributed by atoms with Crippen LogP contribution in [0, 0.1) is 0 Å². The fraction of sp³-hybridized carbons (Fsp3) is 0.458. The Balaban J connectivity index is 0.00000265. The summed E-state index contributed by atoms with van der Waals surface area (Å²) in [6.07, 6.45) is 3.50. The molecule has 1 heterocycles. The van der Waals surface area contributed by atoms with Crippen molar-refractivity contribution in [3.63, 3.8) is 0 Å². The van der Waals surface area contributed by atoms with Gasteiger partial charge in [0.25, 0.3) is 0 Å². The van der Waals surface area contributed by atoms with Gasteiger partial charge in [0.15, 0.2) is 21.9 Å². The van der Waals surface area contributed by atoms with E-state index in [0.29, 0.717) is 22.9 Å². The van der Waals surface area contributed by atoms with Gasteiger partial charge in [0, 0.05) is 25.2 Å². The van der Waals surface area contributed by atoms with Crippen LogP contribution in [0.15, 0.2) is 47.5 Å². The van der Waals surface area contributed by atoms with E-state index in [4.69, 9.17) is 4.74 Å². The minimum atomic E-state index is -1.49. The van der Waals surface area contributed by atoms with Gasteiger partial charge in [-0.05, 0) is 62.8 Å². The van der Waals surface area contributed by atoms with E-state index >= 15 is 0 Å². The standard InChI is InChI=1S/C22H29N3O4S2.C2H6/c1-4-12-25(3)13-5-14-29-19-7-9-20(10-8-19)31(28)24-22-11-6-18(15-23-22)21(27)16-30-17(2)26;1-2/h6-11,15H,4-5,12-14,16H2,1-3H3,(H,23,24);1-2H3. The van der Waals surface area contributed by atoms with Gasteiger partial charge in [0.05, 0.1) is 17.3 Å². The average molecular weight is 494 g/mol. The molecule has 1 N–H and O–H groups in total. The predicted molar refractivity (Wildman–Crippen MR) is 137 cm³/mol. The summed E-state index contributed by atoms with van der Waals surface area (Å²) in [6.45, 7) is 10.3. The summed E-state index contributed by atoms with van der Waals surface area (Å²) in [5.41, 5.74) is 0.410. The lowest BCUT2D eigenvalue weighted by molar-refractivity contribution is -0.109. The normalized spacial score (nSPS) is 11.3. The van der Waals surface area contributed by atoms with Crippen LogP contribution in [0.1, 0.15) is 50.9 Å². The van der Waals surface area contributed by atoms with E-state index < -0.39 is 11.0 Å². The minimum absolute atomic E-state index is 0.0829. The molecule has 1 aromatic carbocycles. The van der Waals surface area contributed by atoms with E-state index in [-0.39, 0.29) is 16.7 Å². The van der Waals surface area contributed by atoms with Crippen LogP contribution in [0.3, 0.4) is 0 Å². The summed E-state index contributed by atoms with van der Waals surface area (Å²) in [6, 6.07) is 10.3. The molecule has 2 aromatic rings. The molecular weight excluding hydrogens is 458 g/mol. The Morgan fingerprint density at radius 2 is 1.82 bits per heavy atom. The second kappa shape index (κ2) is 16.4. The van der Waals surface area contributed by atoms with Crippen LogP contribution < -0.4 is 9.46 Å². The molecule has 9 heteroatoms. The molecule has 7 nitrogen and oxygen atoms in total. The molecular formula is C24H35N3O4S2. The van der Waals surface area contributed by atoms with Crippen LogP contribution in [0.2, 0.25) is 0 Å².